The number of ether oxygens (including phenoxy) is 2. The number of nitrogens with one attached hydrogen (secondary N) is 1. The smallest absolute Gasteiger partial charge is 0.247 e. The third kappa shape index (κ3) is 5.05. The number of rotatable bonds is 7. The minimum absolute atomic E-state index is 0.185. The number of halogens is 1. The Morgan fingerprint density at radius 3 is 2.26 bits per heavy atom. The van der Waals surface area contributed by atoms with Gasteiger partial charge in [-0.2, -0.15) is 0 Å². The Morgan fingerprint density at radius 2 is 1.74 bits per heavy atom. The molecule has 2 aromatic rings. The number of anilines is 2. The summed E-state index contributed by atoms with van der Waals surface area (Å²) in [7, 11) is -0.849. The number of carbonyl (C=O) groups is 1. The lowest BCUT2D eigenvalue weighted by Crippen LogP contribution is -2.45. The van der Waals surface area contributed by atoms with Gasteiger partial charge in [0.15, 0.2) is 0 Å². The Kier molecular flexibility index (Phi) is 6.56. The van der Waals surface area contributed by atoms with Crippen molar-refractivity contribution in [1.82, 2.24) is 0 Å². The Balaban J connectivity index is 2.36. The van der Waals surface area contributed by atoms with Gasteiger partial charge in [-0.05, 0) is 49.4 Å². The predicted molar refractivity (Wildman–Crippen MR) is 106 cm³/mol. The first-order chi connectivity index (χ1) is 12.7. The SMILES string of the molecule is COc1ccc(NC(=O)[C@H](C)N(c2cc(Cl)ccc2OC)S(C)(=O)=O)cc1. The van der Waals surface area contributed by atoms with Crippen LogP contribution in [-0.4, -0.2) is 40.8 Å². The van der Waals surface area contributed by atoms with Crippen LogP contribution in [-0.2, 0) is 14.8 Å². The second-order valence-electron chi connectivity index (χ2n) is 5.77. The van der Waals surface area contributed by atoms with Gasteiger partial charge in [-0.1, -0.05) is 11.6 Å². The zero-order valence-corrected chi connectivity index (χ0v) is 17.0. The topological polar surface area (TPSA) is 84.9 Å². The van der Waals surface area contributed by atoms with E-state index in [9.17, 15) is 13.2 Å². The van der Waals surface area contributed by atoms with Crippen LogP contribution in [0.3, 0.4) is 0 Å². The average molecular weight is 413 g/mol. The summed E-state index contributed by atoms with van der Waals surface area (Å²) < 4.78 is 36.1. The number of hydrogen-bond acceptors (Lipinski definition) is 5. The molecule has 0 aliphatic rings. The Bertz CT molecular complexity index is 916. The summed E-state index contributed by atoms with van der Waals surface area (Å²) >= 11 is 6.02. The Morgan fingerprint density at radius 1 is 1.11 bits per heavy atom. The fourth-order valence-corrected chi connectivity index (χ4v) is 3.87. The summed E-state index contributed by atoms with van der Waals surface area (Å²) in [5.74, 6) is 0.420. The molecular weight excluding hydrogens is 392 g/mol. The van der Waals surface area contributed by atoms with E-state index >= 15 is 0 Å². The van der Waals surface area contributed by atoms with Gasteiger partial charge in [-0.15, -0.1) is 0 Å². The lowest BCUT2D eigenvalue weighted by molar-refractivity contribution is -0.116. The first-order valence-corrected chi connectivity index (χ1v) is 10.2. The molecule has 0 fully saturated rings. The van der Waals surface area contributed by atoms with Crippen LogP contribution in [0.2, 0.25) is 5.02 Å². The van der Waals surface area contributed by atoms with Crippen LogP contribution in [0.5, 0.6) is 11.5 Å². The van der Waals surface area contributed by atoms with Gasteiger partial charge in [-0.25, -0.2) is 8.42 Å². The highest BCUT2D eigenvalue weighted by Crippen LogP contribution is 2.34. The molecule has 0 aromatic heterocycles. The summed E-state index contributed by atoms with van der Waals surface area (Å²) in [5.41, 5.74) is 0.698. The van der Waals surface area contributed by atoms with Gasteiger partial charge in [0, 0.05) is 10.7 Å². The van der Waals surface area contributed by atoms with E-state index in [-0.39, 0.29) is 11.4 Å². The monoisotopic (exact) mass is 412 g/mol. The van der Waals surface area contributed by atoms with Gasteiger partial charge in [0.25, 0.3) is 0 Å². The predicted octanol–water partition coefficient (Wildman–Crippen LogP) is 3.15. The molecule has 2 aromatic carbocycles. The number of carbonyl (C=O) groups excluding carboxylic acids is 1. The quantitative estimate of drug-likeness (QED) is 0.755. The van der Waals surface area contributed by atoms with E-state index in [0.29, 0.717) is 16.5 Å². The fraction of sp³-hybridized carbons (Fsp3) is 0.278. The molecule has 0 spiro atoms. The van der Waals surface area contributed by atoms with Crippen LogP contribution in [0.1, 0.15) is 6.92 Å². The highest BCUT2D eigenvalue weighted by atomic mass is 35.5. The largest absolute Gasteiger partial charge is 0.497 e. The molecule has 1 amide bonds. The van der Waals surface area contributed by atoms with E-state index in [4.69, 9.17) is 21.1 Å². The Labute approximate surface area is 163 Å². The van der Waals surface area contributed by atoms with Crippen LogP contribution in [0.25, 0.3) is 0 Å². The van der Waals surface area contributed by atoms with Gasteiger partial charge in [-0.3, -0.25) is 9.10 Å². The standard InChI is InChI=1S/C18H21ClN2O5S/c1-12(18(22)20-14-6-8-15(25-2)9-7-14)21(27(4,23)24)16-11-13(19)5-10-17(16)26-3/h5-12H,1-4H3,(H,20,22)/t12-/m0/s1. The van der Waals surface area contributed by atoms with Crippen molar-refractivity contribution in [3.63, 3.8) is 0 Å². The maximum absolute atomic E-state index is 12.7. The average Bonchev–Trinajstić information content (AvgIpc) is 2.61. The fourth-order valence-electron chi connectivity index (χ4n) is 2.54. The summed E-state index contributed by atoms with van der Waals surface area (Å²) in [6.45, 7) is 1.49. The normalized spacial score (nSPS) is 12.2. The van der Waals surface area contributed by atoms with E-state index in [0.717, 1.165) is 10.6 Å². The summed E-state index contributed by atoms with van der Waals surface area (Å²) in [4.78, 5) is 12.7. The second kappa shape index (κ2) is 8.49. The highest BCUT2D eigenvalue weighted by molar-refractivity contribution is 7.92. The first-order valence-electron chi connectivity index (χ1n) is 7.95. The van der Waals surface area contributed by atoms with E-state index < -0.39 is 22.0 Å². The number of benzene rings is 2. The second-order valence-corrected chi connectivity index (χ2v) is 8.06. The third-order valence-electron chi connectivity index (χ3n) is 3.82. The molecule has 7 nitrogen and oxygen atoms in total. The molecule has 27 heavy (non-hydrogen) atoms. The molecule has 9 heteroatoms. The van der Waals surface area contributed by atoms with Gasteiger partial charge in [0.1, 0.15) is 17.5 Å². The lowest BCUT2D eigenvalue weighted by atomic mass is 10.2. The van der Waals surface area contributed by atoms with Gasteiger partial charge >= 0.3 is 0 Å². The number of hydrogen-bond donors (Lipinski definition) is 1. The zero-order chi connectivity index (χ0) is 20.2. The number of amides is 1. The molecule has 146 valence electrons. The van der Waals surface area contributed by atoms with Gasteiger partial charge in [0.2, 0.25) is 15.9 Å². The van der Waals surface area contributed by atoms with Crippen molar-refractivity contribution in [2.75, 3.05) is 30.1 Å². The molecule has 0 aliphatic heterocycles. The van der Waals surface area contributed by atoms with Crippen molar-refractivity contribution < 1.29 is 22.7 Å². The molecule has 1 N–H and O–H groups in total. The maximum Gasteiger partial charge on any atom is 0.247 e. The minimum atomic E-state index is -3.80. The third-order valence-corrected chi connectivity index (χ3v) is 5.29. The maximum atomic E-state index is 12.7. The molecule has 0 saturated heterocycles. The van der Waals surface area contributed by atoms with Crippen molar-refractivity contribution in [2.45, 2.75) is 13.0 Å². The number of methoxy groups -OCH3 is 2. The molecule has 0 heterocycles. The van der Waals surface area contributed by atoms with Crippen LogP contribution < -0.4 is 19.1 Å². The zero-order valence-electron chi connectivity index (χ0n) is 15.4. The van der Waals surface area contributed by atoms with Crippen molar-refractivity contribution in [3.05, 3.63) is 47.5 Å². The molecule has 0 aliphatic carbocycles. The first kappa shape index (κ1) is 20.9. The van der Waals surface area contributed by atoms with Crippen LogP contribution in [0.15, 0.2) is 42.5 Å². The van der Waals surface area contributed by atoms with Crippen molar-refractivity contribution in [2.24, 2.45) is 0 Å². The molecule has 0 radical (unpaired) electrons. The van der Waals surface area contributed by atoms with Crippen molar-refractivity contribution in [1.29, 1.82) is 0 Å². The van der Waals surface area contributed by atoms with E-state index in [1.807, 2.05) is 0 Å². The molecular formula is C18H21ClN2O5S. The van der Waals surface area contributed by atoms with E-state index in [1.54, 1.807) is 36.4 Å². The molecule has 2 rings (SSSR count). The van der Waals surface area contributed by atoms with E-state index in [1.165, 1.54) is 27.2 Å². The lowest BCUT2D eigenvalue weighted by Gasteiger charge is -2.29. The van der Waals surface area contributed by atoms with Crippen LogP contribution in [0, 0.1) is 0 Å². The number of nitrogens with zero attached hydrogens (tertiary/aromatic N) is 1. The summed E-state index contributed by atoms with van der Waals surface area (Å²) in [6, 6.07) is 10.2. The highest BCUT2D eigenvalue weighted by Gasteiger charge is 2.31. The van der Waals surface area contributed by atoms with Crippen LogP contribution in [0.4, 0.5) is 11.4 Å². The van der Waals surface area contributed by atoms with Gasteiger partial charge < -0.3 is 14.8 Å². The van der Waals surface area contributed by atoms with Crippen molar-refractivity contribution >= 4 is 38.9 Å². The molecule has 0 saturated carbocycles. The molecule has 0 unspecified atom stereocenters. The summed E-state index contributed by atoms with van der Waals surface area (Å²) in [6.07, 6.45) is 1.02. The van der Waals surface area contributed by atoms with Crippen LogP contribution >= 0.6 is 11.6 Å². The Hall–Kier alpha value is -2.45. The molecule has 1 atom stereocenters. The van der Waals surface area contributed by atoms with Gasteiger partial charge in [0.05, 0.1) is 26.2 Å². The molecule has 0 bridgehead atoms. The minimum Gasteiger partial charge on any atom is -0.497 e. The number of sulfonamides is 1. The summed E-state index contributed by atoms with van der Waals surface area (Å²) in [5, 5.41) is 3.01. The van der Waals surface area contributed by atoms with Crippen molar-refractivity contribution in [3.8, 4) is 11.5 Å². The van der Waals surface area contributed by atoms with E-state index in [2.05, 4.69) is 5.32 Å².